The Morgan fingerprint density at radius 3 is 1.55 bits per heavy atom. The molecule has 0 radical (unpaired) electrons. The van der Waals surface area contributed by atoms with E-state index >= 15 is 0 Å². The van der Waals surface area contributed by atoms with Crippen molar-refractivity contribution in [2.45, 2.75) is 60.3 Å². The van der Waals surface area contributed by atoms with Gasteiger partial charge in [-0.05, 0) is 25.0 Å². The summed E-state index contributed by atoms with van der Waals surface area (Å²) in [5.74, 6) is -1.82. The largest absolute Gasteiger partial charge is 0.473 e. The zero-order valence-electron chi connectivity index (χ0n) is 32.7. The predicted molar refractivity (Wildman–Crippen MR) is 218 cm³/mol. The fraction of sp³-hybridized carbons (Fsp3) is 0.316. The number of carbonyl (C=O) groups excluding carboxylic acids is 2. The van der Waals surface area contributed by atoms with Crippen LogP contribution in [0.15, 0.2) is 86.3 Å². The topological polar surface area (TPSA) is 229 Å². The van der Waals surface area contributed by atoms with Gasteiger partial charge in [-0.25, -0.2) is 4.98 Å². The Morgan fingerprint density at radius 2 is 1.18 bits per heavy atom. The van der Waals surface area contributed by atoms with Crippen LogP contribution in [0, 0.1) is 13.8 Å². The van der Waals surface area contributed by atoms with E-state index in [9.17, 15) is 41.4 Å². The Labute approximate surface area is 352 Å². The smallest absolute Gasteiger partial charge is 0.308 e. The van der Waals surface area contributed by atoms with Crippen molar-refractivity contribution in [3.8, 4) is 5.19 Å². The van der Waals surface area contributed by atoms with Gasteiger partial charge >= 0.3 is 4.87 Å². The van der Waals surface area contributed by atoms with Gasteiger partial charge in [-0.1, -0.05) is 83.3 Å². The van der Waals surface area contributed by atoms with Gasteiger partial charge in [-0.3, -0.25) is 14.4 Å². The zero-order valence-corrected chi connectivity index (χ0v) is 36.0. The number of benzene rings is 2. The van der Waals surface area contributed by atoms with E-state index in [2.05, 4.69) is 15.2 Å². The van der Waals surface area contributed by atoms with Gasteiger partial charge in [0.1, 0.15) is 0 Å². The summed E-state index contributed by atoms with van der Waals surface area (Å²) in [6.45, 7) is 3.32. The number of carbonyl (C=O) groups is 2. The van der Waals surface area contributed by atoms with Crippen LogP contribution >= 0.6 is 22.7 Å². The quantitative estimate of drug-likeness (QED) is 0.191. The van der Waals surface area contributed by atoms with Gasteiger partial charge in [0, 0.05) is 49.4 Å². The number of nitrogens with zero attached hydrogens (tertiary/aromatic N) is 8. The highest BCUT2D eigenvalue weighted by Crippen LogP contribution is 2.33. The first kappa shape index (κ1) is 42.6. The van der Waals surface area contributed by atoms with Crippen LogP contribution in [0.4, 0.5) is 0 Å². The fourth-order valence-corrected chi connectivity index (χ4v) is 12.1. The molecule has 0 saturated heterocycles. The summed E-state index contributed by atoms with van der Waals surface area (Å²) in [5, 5.41) is 28.1. The summed E-state index contributed by atoms with van der Waals surface area (Å²) in [6, 6.07) is 18.1. The Kier molecular flexibility index (Phi) is 12.0. The van der Waals surface area contributed by atoms with Crippen LogP contribution in [0.5, 0.6) is 5.19 Å². The van der Waals surface area contributed by atoms with Crippen LogP contribution < -0.4 is 9.61 Å². The first-order valence-electron chi connectivity index (χ1n) is 18.3. The van der Waals surface area contributed by atoms with E-state index in [-0.39, 0.29) is 69.7 Å². The Balaban J connectivity index is 0.000000181. The van der Waals surface area contributed by atoms with Crippen molar-refractivity contribution in [2.75, 3.05) is 20.3 Å². The maximum absolute atomic E-state index is 12.9. The van der Waals surface area contributed by atoms with E-state index in [4.69, 9.17) is 4.74 Å². The molecule has 6 heterocycles. The van der Waals surface area contributed by atoms with E-state index in [0.717, 1.165) is 30.6 Å². The van der Waals surface area contributed by atoms with Crippen molar-refractivity contribution < 1.29 is 41.4 Å². The van der Waals surface area contributed by atoms with Crippen LogP contribution in [-0.4, -0.2) is 96.9 Å². The molecule has 0 spiro atoms. The molecular formula is C38H40N8O10S4. The second-order valence-corrected chi connectivity index (χ2v) is 19.9. The van der Waals surface area contributed by atoms with E-state index < -0.39 is 31.9 Å². The third kappa shape index (κ3) is 7.92. The number of hydrogen-bond acceptors (Lipinski definition) is 15. The summed E-state index contributed by atoms with van der Waals surface area (Å²) in [7, 11) is -4.95. The number of thiazole rings is 2. The van der Waals surface area contributed by atoms with Crippen molar-refractivity contribution in [1.82, 2.24) is 37.7 Å². The lowest BCUT2D eigenvalue weighted by Gasteiger charge is -2.22. The minimum Gasteiger partial charge on any atom is -0.473 e. The van der Waals surface area contributed by atoms with E-state index in [1.54, 1.807) is 60.0 Å². The lowest BCUT2D eigenvalue weighted by atomic mass is 9.98. The van der Waals surface area contributed by atoms with Gasteiger partial charge in [-0.15, -0.1) is 0 Å². The van der Waals surface area contributed by atoms with Crippen molar-refractivity contribution in [3.05, 3.63) is 128 Å². The number of fused-ring (bicyclic) bond motifs is 2. The maximum atomic E-state index is 12.9. The van der Waals surface area contributed by atoms with Gasteiger partial charge in [-0.2, -0.15) is 35.2 Å². The second-order valence-electron chi connectivity index (χ2n) is 14.0. The maximum Gasteiger partial charge on any atom is 0.308 e. The molecule has 6 aromatic rings. The number of aliphatic hydroxyl groups excluding tert-OH is 2. The molecule has 2 amide bonds. The fourth-order valence-electron chi connectivity index (χ4n) is 6.87. The van der Waals surface area contributed by atoms with Gasteiger partial charge < -0.3 is 29.3 Å². The number of rotatable bonds is 11. The molecule has 4 aromatic heterocycles. The number of aryl methyl sites for hydroxylation is 1. The van der Waals surface area contributed by atoms with Crippen LogP contribution in [0.3, 0.4) is 0 Å². The summed E-state index contributed by atoms with van der Waals surface area (Å²) in [6.07, 6.45) is 2.82. The monoisotopic (exact) mass is 896 g/mol. The third-order valence-corrected chi connectivity index (χ3v) is 16.7. The summed E-state index contributed by atoms with van der Waals surface area (Å²) in [5.41, 5.74) is 4.43. The van der Waals surface area contributed by atoms with Crippen molar-refractivity contribution in [1.29, 1.82) is 0 Å². The molecule has 2 aromatic carbocycles. The average Bonchev–Trinajstić information content (AvgIpc) is 4.09. The van der Waals surface area contributed by atoms with Crippen LogP contribution in [0.25, 0.3) is 0 Å². The van der Waals surface area contributed by atoms with Crippen LogP contribution in [0.1, 0.15) is 56.9 Å². The normalized spacial score (nSPS) is 14.6. The van der Waals surface area contributed by atoms with E-state index in [0.29, 0.717) is 45.2 Å². The Bertz CT molecular complexity index is 2800. The average molecular weight is 897 g/mol. The molecule has 22 heteroatoms. The van der Waals surface area contributed by atoms with Crippen molar-refractivity contribution in [2.24, 2.45) is 7.05 Å². The lowest BCUT2D eigenvalue weighted by molar-refractivity contribution is -0.135. The van der Waals surface area contributed by atoms with Crippen molar-refractivity contribution >= 4 is 54.5 Å². The number of hydrogen-bond donors (Lipinski definition) is 2. The van der Waals surface area contributed by atoms with Gasteiger partial charge in [0.2, 0.25) is 11.8 Å². The van der Waals surface area contributed by atoms with Crippen molar-refractivity contribution in [3.63, 3.8) is 0 Å². The minimum atomic E-state index is -3.99. The first-order valence-corrected chi connectivity index (χ1v) is 22.8. The molecule has 0 aliphatic carbocycles. The molecule has 0 bridgehead atoms. The molecule has 2 N–H and O–H groups in total. The molecule has 8 rings (SSSR count). The zero-order chi connectivity index (χ0) is 43.1. The molecule has 2 atom stereocenters. The molecule has 2 aliphatic heterocycles. The molecule has 2 aliphatic rings. The van der Waals surface area contributed by atoms with Gasteiger partial charge in [0.25, 0.3) is 25.2 Å². The Hall–Kier alpha value is -5.52. The number of ether oxygens (including phenoxy) is 1. The molecule has 0 fully saturated rings. The Morgan fingerprint density at radius 1 is 0.733 bits per heavy atom. The summed E-state index contributed by atoms with van der Waals surface area (Å²) >= 11 is 1.60. The predicted octanol–water partition coefficient (Wildman–Crippen LogP) is 2.32. The highest BCUT2D eigenvalue weighted by molar-refractivity contribution is 7.92. The molecule has 18 nitrogen and oxygen atoms in total. The molecule has 60 heavy (non-hydrogen) atoms. The SMILES string of the molecule is COc1nc(C)c(S(=O)(=O)n2cc3c(n2)CN(C(=O)[C@H](CO)c2ccccc2)C3)s1.Cc1c(S(=O)(=O)n2cc3c(n2)CN(C(=O)[C@H](CO)c2ccccc2)C3)sc(=O)n1C. The van der Waals surface area contributed by atoms with Crippen LogP contribution in [-0.2, 0) is 62.9 Å². The third-order valence-electron chi connectivity index (χ3n) is 10.2. The number of amides is 2. The molecular weight excluding hydrogens is 857 g/mol. The number of aliphatic hydroxyl groups is 2. The minimum absolute atomic E-state index is 0.0477. The lowest BCUT2D eigenvalue weighted by Crippen LogP contribution is -2.33. The second kappa shape index (κ2) is 16.9. The summed E-state index contributed by atoms with van der Waals surface area (Å²) < 4.78 is 59.9. The first-order chi connectivity index (χ1) is 28.6. The van der Waals surface area contributed by atoms with Gasteiger partial charge in [0.05, 0.1) is 62.3 Å². The number of methoxy groups -OCH3 is 1. The van der Waals surface area contributed by atoms with Crippen LogP contribution in [0.2, 0.25) is 0 Å². The van der Waals surface area contributed by atoms with E-state index in [1.807, 2.05) is 24.3 Å². The molecule has 316 valence electrons. The number of aromatic nitrogens is 6. The molecule has 0 unspecified atom stereocenters. The van der Waals surface area contributed by atoms with Gasteiger partial charge in [0.15, 0.2) is 8.42 Å². The summed E-state index contributed by atoms with van der Waals surface area (Å²) in [4.78, 5) is 44.5. The molecule has 0 saturated carbocycles. The standard InChI is InChI=1S/2C19H20N4O5S2/c1-12-18(29-19(26)21(12)2)30(27,28)23-9-14-8-22(10-16(14)20-23)17(25)15(11-24)13-6-4-3-5-7-13;1-12-18(29-19(20-12)28-2)30(26,27)23-9-14-8-22(10-16(14)21-23)17(25)15(11-24)13-6-4-3-5-7-13/h2*3-7,9,15,24H,8,10-11H2,1-2H3/t2*15-/m11/s1. The van der Waals surface area contributed by atoms with E-state index in [1.165, 1.54) is 31.1 Å². The highest BCUT2D eigenvalue weighted by Gasteiger charge is 2.36. The highest BCUT2D eigenvalue weighted by atomic mass is 32.3.